The first-order chi connectivity index (χ1) is 12.4. The molecule has 2 aliphatic rings. The normalized spacial score (nSPS) is 21.7. The fourth-order valence-electron chi connectivity index (χ4n) is 3.92. The van der Waals surface area contributed by atoms with Gasteiger partial charge in [-0.25, -0.2) is 0 Å². The third-order valence-electron chi connectivity index (χ3n) is 5.56. The first kappa shape index (κ1) is 22.3. The highest BCUT2D eigenvalue weighted by atomic mass is 35.5. The van der Waals surface area contributed by atoms with E-state index < -0.39 is 0 Å². The van der Waals surface area contributed by atoms with Crippen LogP contribution in [0.1, 0.15) is 43.0 Å². The van der Waals surface area contributed by atoms with Crippen molar-refractivity contribution in [2.45, 2.75) is 44.7 Å². The van der Waals surface area contributed by atoms with Gasteiger partial charge < -0.3 is 15.5 Å². The van der Waals surface area contributed by atoms with E-state index in [1.54, 1.807) is 23.1 Å². The number of carbonyl (C=O) groups excluding carboxylic acids is 2. The molecule has 2 N–H and O–H groups in total. The van der Waals surface area contributed by atoms with Crippen LogP contribution in [0.2, 0.25) is 10.0 Å². The number of halogens is 3. The smallest absolute Gasteiger partial charge is 0.254 e. The Morgan fingerprint density at radius 1 is 1.11 bits per heavy atom. The Morgan fingerprint density at radius 3 is 2.37 bits per heavy atom. The number of likely N-dealkylation sites (tertiary alicyclic amines) is 2. The summed E-state index contributed by atoms with van der Waals surface area (Å²) in [4.78, 5) is 29.5. The van der Waals surface area contributed by atoms with Crippen molar-refractivity contribution in [3.8, 4) is 0 Å². The third kappa shape index (κ3) is 4.89. The number of piperidine rings is 1. The first-order valence-electron chi connectivity index (χ1n) is 9.19. The van der Waals surface area contributed by atoms with Gasteiger partial charge in [0.05, 0.1) is 10.0 Å². The molecule has 0 aromatic heterocycles. The SMILES string of the molecule is CC(N)C1CCN(C(=O)C2CCCN2C(=O)c2ccc(Cl)c(Cl)c2)CC1.Cl. The van der Waals surface area contributed by atoms with E-state index in [0.717, 1.165) is 32.4 Å². The molecule has 1 aromatic carbocycles. The average Bonchev–Trinajstić information content (AvgIpc) is 3.12. The minimum absolute atomic E-state index is 0. The predicted octanol–water partition coefficient (Wildman–Crippen LogP) is 3.61. The molecule has 3 rings (SSSR count). The molecule has 0 spiro atoms. The summed E-state index contributed by atoms with van der Waals surface area (Å²) >= 11 is 12.0. The molecule has 8 heteroatoms. The lowest BCUT2D eigenvalue weighted by Gasteiger charge is -2.36. The summed E-state index contributed by atoms with van der Waals surface area (Å²) in [7, 11) is 0. The number of hydrogen-bond acceptors (Lipinski definition) is 3. The fourth-order valence-corrected chi connectivity index (χ4v) is 4.22. The predicted molar refractivity (Wildman–Crippen MR) is 111 cm³/mol. The maximum Gasteiger partial charge on any atom is 0.254 e. The molecule has 2 unspecified atom stereocenters. The first-order valence-corrected chi connectivity index (χ1v) is 9.94. The standard InChI is InChI=1S/C19H25Cl2N3O2.ClH/c1-12(22)13-6-9-23(10-7-13)19(26)17-3-2-8-24(17)18(25)14-4-5-15(20)16(21)11-14;/h4-5,11-13,17H,2-3,6-10,22H2,1H3;1H. The Morgan fingerprint density at radius 2 is 1.78 bits per heavy atom. The van der Waals surface area contributed by atoms with Crippen LogP contribution in [0.5, 0.6) is 0 Å². The van der Waals surface area contributed by atoms with Gasteiger partial charge in [-0.3, -0.25) is 9.59 Å². The molecule has 2 saturated heterocycles. The Balaban J connectivity index is 0.00000261. The topological polar surface area (TPSA) is 66.6 Å². The molecular weight excluding hydrogens is 409 g/mol. The van der Waals surface area contributed by atoms with Crippen molar-refractivity contribution in [3.05, 3.63) is 33.8 Å². The zero-order chi connectivity index (χ0) is 18.8. The van der Waals surface area contributed by atoms with Gasteiger partial charge in [0, 0.05) is 31.2 Å². The maximum absolute atomic E-state index is 13.0. The Hall–Kier alpha value is -1.01. The van der Waals surface area contributed by atoms with Crippen molar-refractivity contribution in [2.24, 2.45) is 11.7 Å². The van der Waals surface area contributed by atoms with Crippen LogP contribution in [-0.4, -0.2) is 53.3 Å². The Kier molecular flexibility index (Phi) is 7.81. The van der Waals surface area contributed by atoms with Gasteiger partial charge in [-0.05, 0) is 56.7 Å². The van der Waals surface area contributed by atoms with Crippen molar-refractivity contribution in [1.82, 2.24) is 9.80 Å². The van der Waals surface area contributed by atoms with Gasteiger partial charge >= 0.3 is 0 Å². The molecular formula is C19H26Cl3N3O2. The molecule has 0 radical (unpaired) electrons. The van der Waals surface area contributed by atoms with Gasteiger partial charge in [0.2, 0.25) is 5.91 Å². The molecule has 2 aliphatic heterocycles. The van der Waals surface area contributed by atoms with E-state index in [9.17, 15) is 9.59 Å². The van der Waals surface area contributed by atoms with Gasteiger partial charge in [-0.15, -0.1) is 12.4 Å². The molecule has 2 amide bonds. The summed E-state index contributed by atoms with van der Waals surface area (Å²) in [6.45, 7) is 4.05. The van der Waals surface area contributed by atoms with Crippen molar-refractivity contribution in [2.75, 3.05) is 19.6 Å². The second-order valence-corrected chi connectivity index (χ2v) is 8.12. The Labute approximate surface area is 176 Å². The second kappa shape index (κ2) is 9.46. The van der Waals surface area contributed by atoms with E-state index in [1.165, 1.54) is 0 Å². The quantitative estimate of drug-likeness (QED) is 0.790. The molecule has 0 saturated carbocycles. The van der Waals surface area contributed by atoms with Crippen LogP contribution in [0.25, 0.3) is 0 Å². The van der Waals surface area contributed by atoms with Crippen LogP contribution in [0, 0.1) is 5.92 Å². The van der Waals surface area contributed by atoms with Crippen LogP contribution in [0.3, 0.4) is 0 Å². The molecule has 2 heterocycles. The molecule has 27 heavy (non-hydrogen) atoms. The maximum atomic E-state index is 13.0. The summed E-state index contributed by atoms with van der Waals surface area (Å²) in [5.41, 5.74) is 6.45. The zero-order valence-corrected chi connectivity index (χ0v) is 17.7. The largest absolute Gasteiger partial charge is 0.341 e. The molecule has 1 aromatic rings. The van der Waals surface area contributed by atoms with Crippen LogP contribution in [0.15, 0.2) is 18.2 Å². The van der Waals surface area contributed by atoms with Crippen LogP contribution >= 0.6 is 35.6 Å². The average molecular weight is 435 g/mol. The lowest BCUT2D eigenvalue weighted by molar-refractivity contribution is -0.136. The van der Waals surface area contributed by atoms with Crippen molar-refractivity contribution < 1.29 is 9.59 Å². The lowest BCUT2D eigenvalue weighted by Crippen LogP contribution is -2.51. The number of amides is 2. The van der Waals surface area contributed by atoms with Gasteiger partial charge in [-0.2, -0.15) is 0 Å². The second-order valence-electron chi connectivity index (χ2n) is 7.31. The molecule has 0 bridgehead atoms. The lowest BCUT2D eigenvalue weighted by atomic mass is 9.90. The monoisotopic (exact) mass is 433 g/mol. The summed E-state index contributed by atoms with van der Waals surface area (Å²) in [6, 6.07) is 4.61. The number of nitrogens with zero attached hydrogens (tertiary/aromatic N) is 2. The molecule has 150 valence electrons. The van der Waals surface area contributed by atoms with Gasteiger partial charge in [0.15, 0.2) is 0 Å². The summed E-state index contributed by atoms with van der Waals surface area (Å²) in [6.07, 6.45) is 3.40. The van der Waals surface area contributed by atoms with Crippen LogP contribution < -0.4 is 5.73 Å². The summed E-state index contributed by atoms with van der Waals surface area (Å²) in [5.74, 6) is 0.362. The molecule has 2 atom stereocenters. The highest BCUT2D eigenvalue weighted by molar-refractivity contribution is 6.42. The minimum atomic E-state index is -0.385. The summed E-state index contributed by atoms with van der Waals surface area (Å²) < 4.78 is 0. The highest BCUT2D eigenvalue weighted by Crippen LogP contribution is 2.28. The van der Waals surface area contributed by atoms with E-state index in [-0.39, 0.29) is 36.3 Å². The number of benzene rings is 1. The number of carbonyl (C=O) groups is 2. The van der Waals surface area contributed by atoms with E-state index >= 15 is 0 Å². The third-order valence-corrected chi connectivity index (χ3v) is 6.30. The van der Waals surface area contributed by atoms with E-state index in [1.807, 2.05) is 11.8 Å². The fraction of sp³-hybridized carbons (Fsp3) is 0.579. The van der Waals surface area contributed by atoms with Crippen molar-refractivity contribution in [3.63, 3.8) is 0 Å². The van der Waals surface area contributed by atoms with Crippen molar-refractivity contribution >= 4 is 47.4 Å². The number of rotatable bonds is 3. The number of nitrogens with two attached hydrogens (primary N) is 1. The molecule has 5 nitrogen and oxygen atoms in total. The van der Waals surface area contributed by atoms with E-state index in [2.05, 4.69) is 0 Å². The van der Waals surface area contributed by atoms with E-state index in [0.29, 0.717) is 34.5 Å². The molecule has 2 fully saturated rings. The zero-order valence-electron chi connectivity index (χ0n) is 15.4. The Bertz CT molecular complexity index is 691. The van der Waals surface area contributed by atoms with Gasteiger partial charge in [-0.1, -0.05) is 23.2 Å². The van der Waals surface area contributed by atoms with Gasteiger partial charge in [0.25, 0.3) is 5.91 Å². The van der Waals surface area contributed by atoms with Crippen LogP contribution in [0.4, 0.5) is 0 Å². The van der Waals surface area contributed by atoms with Crippen molar-refractivity contribution in [1.29, 1.82) is 0 Å². The number of hydrogen-bond donors (Lipinski definition) is 1. The molecule has 0 aliphatic carbocycles. The van der Waals surface area contributed by atoms with Gasteiger partial charge in [0.1, 0.15) is 6.04 Å². The minimum Gasteiger partial charge on any atom is -0.341 e. The van der Waals surface area contributed by atoms with Crippen LogP contribution in [-0.2, 0) is 4.79 Å². The highest BCUT2D eigenvalue weighted by Gasteiger charge is 2.38. The van der Waals surface area contributed by atoms with E-state index in [4.69, 9.17) is 28.9 Å². The summed E-state index contributed by atoms with van der Waals surface area (Å²) in [5, 5.41) is 0.756.